The quantitative estimate of drug-likeness (QED) is 0.713. The topological polar surface area (TPSA) is 101 Å². The van der Waals surface area contributed by atoms with Crippen LogP contribution in [0.3, 0.4) is 0 Å². The second kappa shape index (κ2) is 5.91. The van der Waals surface area contributed by atoms with Crippen molar-refractivity contribution in [1.29, 1.82) is 0 Å². The van der Waals surface area contributed by atoms with Gasteiger partial charge in [0.1, 0.15) is 5.75 Å². The van der Waals surface area contributed by atoms with Gasteiger partial charge in [0, 0.05) is 11.8 Å². The van der Waals surface area contributed by atoms with Crippen molar-refractivity contribution >= 4 is 20.6 Å². The number of pyridine rings is 1. The average molecular weight is 314 g/mol. The molecule has 0 saturated heterocycles. The maximum Gasteiger partial charge on any atom is 0.359 e. The molecule has 0 aliphatic carbocycles. The third kappa shape index (κ3) is 2.80. The van der Waals surface area contributed by atoms with Crippen LogP contribution >= 0.6 is 9.24 Å². The molecule has 3 aromatic rings. The van der Waals surface area contributed by atoms with E-state index in [9.17, 15) is 4.79 Å². The van der Waals surface area contributed by atoms with Gasteiger partial charge in [0.2, 0.25) is 5.69 Å². The predicted molar refractivity (Wildman–Crippen MR) is 82.4 cm³/mol. The van der Waals surface area contributed by atoms with E-state index >= 15 is 0 Å². The summed E-state index contributed by atoms with van der Waals surface area (Å²) >= 11 is 0. The first kappa shape index (κ1) is 14.2. The molecule has 0 saturated carbocycles. The SMILES string of the molecule is O=C(O)c1[nH]nnc1Oc1ccc(-c2cccnc2P)cc1. The fraction of sp³-hybridized carbons (Fsp3) is 0. The Labute approximate surface area is 127 Å². The Balaban J connectivity index is 1.84. The van der Waals surface area contributed by atoms with Gasteiger partial charge in [0.15, 0.2) is 0 Å². The third-order valence-electron chi connectivity index (χ3n) is 2.95. The maximum atomic E-state index is 10.9. The van der Waals surface area contributed by atoms with Gasteiger partial charge in [-0.2, -0.15) is 0 Å². The zero-order valence-corrected chi connectivity index (χ0v) is 12.4. The first-order valence-corrected chi connectivity index (χ1v) is 6.86. The van der Waals surface area contributed by atoms with E-state index in [-0.39, 0.29) is 11.6 Å². The van der Waals surface area contributed by atoms with Crippen LogP contribution in [0.1, 0.15) is 10.5 Å². The molecular formula is C14H11N4O3P. The summed E-state index contributed by atoms with van der Waals surface area (Å²) in [6, 6.07) is 11.0. The Bertz CT molecular complexity index is 817. The summed E-state index contributed by atoms with van der Waals surface area (Å²) < 4.78 is 5.43. The largest absolute Gasteiger partial charge is 0.476 e. The number of H-pyrrole nitrogens is 1. The molecule has 0 aliphatic heterocycles. The zero-order valence-electron chi connectivity index (χ0n) is 11.2. The number of ether oxygens (including phenoxy) is 1. The first-order chi connectivity index (χ1) is 10.6. The Morgan fingerprint density at radius 3 is 2.68 bits per heavy atom. The van der Waals surface area contributed by atoms with Crippen molar-refractivity contribution in [1.82, 2.24) is 20.4 Å². The van der Waals surface area contributed by atoms with E-state index in [4.69, 9.17) is 9.84 Å². The van der Waals surface area contributed by atoms with Gasteiger partial charge in [0.05, 0.1) is 5.44 Å². The van der Waals surface area contributed by atoms with Gasteiger partial charge in [-0.05, 0) is 23.8 Å². The molecule has 1 unspecified atom stereocenters. The lowest BCUT2D eigenvalue weighted by molar-refractivity contribution is 0.0687. The molecule has 2 N–H and O–H groups in total. The number of nitrogens with zero attached hydrogens (tertiary/aromatic N) is 3. The van der Waals surface area contributed by atoms with E-state index in [2.05, 4.69) is 29.6 Å². The van der Waals surface area contributed by atoms with Crippen LogP contribution in [0.5, 0.6) is 11.6 Å². The number of hydrogen-bond acceptors (Lipinski definition) is 5. The highest BCUT2D eigenvalue weighted by Gasteiger charge is 2.16. The highest BCUT2D eigenvalue weighted by atomic mass is 31.0. The number of aromatic amines is 1. The molecule has 7 nitrogen and oxygen atoms in total. The highest BCUT2D eigenvalue weighted by Crippen LogP contribution is 2.25. The van der Waals surface area contributed by atoms with Gasteiger partial charge in [0.25, 0.3) is 5.88 Å². The molecule has 3 rings (SSSR count). The molecule has 22 heavy (non-hydrogen) atoms. The van der Waals surface area contributed by atoms with Crippen LogP contribution in [0, 0.1) is 0 Å². The van der Waals surface area contributed by atoms with Gasteiger partial charge in [-0.3, -0.25) is 4.98 Å². The molecule has 2 aromatic heterocycles. The molecule has 110 valence electrons. The van der Waals surface area contributed by atoms with Crippen LogP contribution < -0.4 is 10.2 Å². The second-order valence-electron chi connectivity index (χ2n) is 4.36. The molecule has 0 aliphatic rings. The minimum atomic E-state index is -1.18. The number of carbonyl (C=O) groups is 1. The minimum absolute atomic E-state index is 0.0756. The number of carboxylic acid groups (broad SMARTS) is 1. The van der Waals surface area contributed by atoms with Crippen molar-refractivity contribution in [2.75, 3.05) is 0 Å². The fourth-order valence-electron chi connectivity index (χ4n) is 1.90. The second-order valence-corrected chi connectivity index (χ2v) is 4.91. The van der Waals surface area contributed by atoms with E-state index in [0.717, 1.165) is 16.6 Å². The van der Waals surface area contributed by atoms with Gasteiger partial charge >= 0.3 is 5.97 Å². The number of benzene rings is 1. The number of aromatic carboxylic acids is 1. The van der Waals surface area contributed by atoms with Crippen LogP contribution in [-0.4, -0.2) is 31.5 Å². The average Bonchev–Trinajstić information content (AvgIpc) is 2.97. The molecule has 0 bridgehead atoms. The lowest BCUT2D eigenvalue weighted by atomic mass is 10.1. The smallest absolute Gasteiger partial charge is 0.359 e. The van der Waals surface area contributed by atoms with Gasteiger partial charge < -0.3 is 9.84 Å². The van der Waals surface area contributed by atoms with Crippen molar-refractivity contribution in [2.24, 2.45) is 0 Å². The van der Waals surface area contributed by atoms with E-state index in [1.165, 1.54) is 0 Å². The van der Waals surface area contributed by atoms with Crippen molar-refractivity contribution in [3.8, 4) is 22.8 Å². The Hall–Kier alpha value is -2.79. The first-order valence-electron chi connectivity index (χ1n) is 6.28. The summed E-state index contributed by atoms with van der Waals surface area (Å²) in [6.07, 6.45) is 1.72. The van der Waals surface area contributed by atoms with Crippen LogP contribution in [0.4, 0.5) is 0 Å². The monoisotopic (exact) mass is 314 g/mol. The molecule has 2 heterocycles. The van der Waals surface area contributed by atoms with Crippen molar-refractivity contribution in [3.63, 3.8) is 0 Å². The molecule has 1 aromatic carbocycles. The predicted octanol–water partition coefficient (Wildman–Crippen LogP) is 1.86. The van der Waals surface area contributed by atoms with Gasteiger partial charge in [-0.25, -0.2) is 9.89 Å². The Morgan fingerprint density at radius 2 is 2.00 bits per heavy atom. The van der Waals surface area contributed by atoms with Gasteiger partial charge in [-0.15, -0.1) is 0 Å². The van der Waals surface area contributed by atoms with Gasteiger partial charge in [-0.1, -0.05) is 37.8 Å². The number of rotatable bonds is 4. The standard InChI is InChI=1S/C14H11N4O3P/c19-14(20)11-12(17-18-16-11)21-9-5-3-8(4-6-9)10-2-1-7-15-13(10)22/h1-7H,22H2,(H,19,20)(H,16,17,18). The van der Waals surface area contributed by atoms with Crippen LogP contribution in [0.15, 0.2) is 42.6 Å². The molecule has 0 spiro atoms. The van der Waals surface area contributed by atoms with E-state index in [1.807, 2.05) is 24.3 Å². The number of hydrogen-bond donors (Lipinski definition) is 2. The number of aromatic nitrogens is 4. The minimum Gasteiger partial charge on any atom is -0.476 e. The molecule has 1 atom stereocenters. The number of nitrogens with one attached hydrogen (secondary N) is 1. The Kier molecular flexibility index (Phi) is 3.80. The summed E-state index contributed by atoms with van der Waals surface area (Å²) in [4.78, 5) is 15.2. The summed E-state index contributed by atoms with van der Waals surface area (Å²) in [7, 11) is 2.59. The Morgan fingerprint density at radius 1 is 1.23 bits per heavy atom. The highest BCUT2D eigenvalue weighted by molar-refractivity contribution is 7.27. The zero-order chi connectivity index (χ0) is 15.5. The molecule has 8 heteroatoms. The third-order valence-corrected chi connectivity index (χ3v) is 3.41. The summed E-state index contributed by atoms with van der Waals surface area (Å²) in [6.45, 7) is 0. The van der Waals surface area contributed by atoms with Crippen molar-refractivity contribution < 1.29 is 14.6 Å². The molecule has 0 fully saturated rings. The van der Waals surface area contributed by atoms with Crippen LogP contribution in [0.25, 0.3) is 11.1 Å². The van der Waals surface area contributed by atoms with Crippen LogP contribution in [0.2, 0.25) is 0 Å². The summed E-state index contributed by atoms with van der Waals surface area (Å²) in [5.74, 6) is -0.790. The van der Waals surface area contributed by atoms with E-state index in [0.29, 0.717) is 5.75 Å². The maximum absolute atomic E-state index is 10.9. The van der Waals surface area contributed by atoms with E-state index < -0.39 is 5.97 Å². The fourth-order valence-corrected chi connectivity index (χ4v) is 2.25. The number of carboxylic acids is 1. The van der Waals surface area contributed by atoms with E-state index in [1.54, 1.807) is 18.3 Å². The normalized spacial score (nSPS) is 10.4. The van der Waals surface area contributed by atoms with Crippen LogP contribution in [-0.2, 0) is 0 Å². The lowest BCUT2D eigenvalue weighted by Crippen LogP contribution is -2.01. The summed E-state index contributed by atoms with van der Waals surface area (Å²) in [5, 5.41) is 18.3. The van der Waals surface area contributed by atoms with Crippen molar-refractivity contribution in [2.45, 2.75) is 0 Å². The van der Waals surface area contributed by atoms with Crippen molar-refractivity contribution in [3.05, 3.63) is 48.3 Å². The summed E-state index contributed by atoms with van der Waals surface area (Å²) in [5.41, 5.74) is 2.63. The lowest BCUT2D eigenvalue weighted by Gasteiger charge is -2.06. The molecule has 0 radical (unpaired) electrons. The molecular weight excluding hydrogens is 303 g/mol. The molecule has 0 amide bonds.